The summed E-state index contributed by atoms with van der Waals surface area (Å²) in [6, 6.07) is 3.74. The Morgan fingerprint density at radius 2 is 2.26 bits per heavy atom. The van der Waals surface area contributed by atoms with E-state index in [0.717, 1.165) is 31.4 Å². The minimum Gasteiger partial charge on any atom is -0.376 e. The standard InChI is InChI=1S/C22H26N4O3S2/c1-4-14(3)26-21(28)17(31-22(26)30)11-16-18(23-12-15-8-6-10-29-15)24-19-13(2)7-5-9-25(19)20(16)27/h5,7,9,11,14-15,23H,4,6,8,10,12H2,1-3H3/b17-11+. The number of carbonyl (C=O) groups is 1. The number of nitrogens with one attached hydrogen (secondary N) is 1. The highest BCUT2D eigenvalue weighted by Crippen LogP contribution is 2.35. The van der Waals surface area contributed by atoms with Crippen LogP contribution in [0.4, 0.5) is 5.82 Å². The van der Waals surface area contributed by atoms with Gasteiger partial charge in [-0.25, -0.2) is 4.98 Å². The van der Waals surface area contributed by atoms with Crippen molar-refractivity contribution in [2.24, 2.45) is 0 Å². The zero-order valence-corrected chi connectivity index (χ0v) is 19.5. The third-order valence-electron chi connectivity index (χ3n) is 5.74. The van der Waals surface area contributed by atoms with Gasteiger partial charge in [0.15, 0.2) is 0 Å². The number of aromatic nitrogens is 2. The maximum absolute atomic E-state index is 13.4. The summed E-state index contributed by atoms with van der Waals surface area (Å²) < 4.78 is 7.74. The second-order valence-electron chi connectivity index (χ2n) is 7.89. The third-order valence-corrected chi connectivity index (χ3v) is 7.07. The van der Waals surface area contributed by atoms with Gasteiger partial charge in [-0.15, -0.1) is 0 Å². The first-order chi connectivity index (χ1) is 14.9. The van der Waals surface area contributed by atoms with E-state index in [-0.39, 0.29) is 23.6 Å². The molecule has 164 valence electrons. The second kappa shape index (κ2) is 9.10. The highest BCUT2D eigenvalue weighted by Gasteiger charge is 2.35. The van der Waals surface area contributed by atoms with Crippen LogP contribution in [0.15, 0.2) is 28.0 Å². The number of rotatable bonds is 6. The van der Waals surface area contributed by atoms with Crippen LogP contribution in [0, 0.1) is 6.92 Å². The molecule has 7 nitrogen and oxygen atoms in total. The molecule has 0 spiro atoms. The van der Waals surface area contributed by atoms with Crippen molar-refractivity contribution in [3.05, 3.63) is 44.7 Å². The largest absolute Gasteiger partial charge is 0.376 e. The fraction of sp³-hybridized carbons (Fsp3) is 0.455. The number of aryl methyl sites for hydroxylation is 1. The summed E-state index contributed by atoms with van der Waals surface area (Å²) in [7, 11) is 0. The number of anilines is 1. The van der Waals surface area contributed by atoms with E-state index < -0.39 is 0 Å². The molecule has 0 aromatic carbocycles. The molecular formula is C22H26N4O3S2. The van der Waals surface area contributed by atoms with E-state index in [2.05, 4.69) is 5.32 Å². The SMILES string of the molecule is CCC(C)N1C(=O)/C(=C\c2c(NCC3CCCO3)nc3c(C)cccn3c2=O)SC1=S. The number of carbonyl (C=O) groups excluding carboxylic acids is 1. The average molecular weight is 459 g/mol. The number of nitrogens with zero attached hydrogens (tertiary/aromatic N) is 3. The van der Waals surface area contributed by atoms with Gasteiger partial charge in [-0.1, -0.05) is 37.0 Å². The molecule has 0 bridgehead atoms. The Morgan fingerprint density at radius 1 is 1.45 bits per heavy atom. The molecule has 2 aromatic rings. The molecule has 4 heterocycles. The van der Waals surface area contributed by atoms with Crippen LogP contribution in [0.3, 0.4) is 0 Å². The van der Waals surface area contributed by atoms with Gasteiger partial charge in [0.05, 0.1) is 16.6 Å². The summed E-state index contributed by atoms with van der Waals surface area (Å²) in [6.07, 6.45) is 6.22. The van der Waals surface area contributed by atoms with Gasteiger partial charge in [-0.3, -0.25) is 18.9 Å². The molecule has 4 rings (SSSR count). The molecule has 31 heavy (non-hydrogen) atoms. The van der Waals surface area contributed by atoms with Crippen molar-refractivity contribution < 1.29 is 9.53 Å². The summed E-state index contributed by atoms with van der Waals surface area (Å²) >= 11 is 6.66. The first-order valence-corrected chi connectivity index (χ1v) is 11.8. The highest BCUT2D eigenvalue weighted by atomic mass is 32.2. The topological polar surface area (TPSA) is 75.9 Å². The Morgan fingerprint density at radius 3 is 2.97 bits per heavy atom. The molecule has 2 aromatic heterocycles. The summed E-state index contributed by atoms with van der Waals surface area (Å²) in [5.41, 5.74) is 1.61. The molecule has 2 saturated heterocycles. The molecule has 1 amide bonds. The molecule has 2 fully saturated rings. The van der Waals surface area contributed by atoms with E-state index in [0.29, 0.717) is 32.8 Å². The highest BCUT2D eigenvalue weighted by molar-refractivity contribution is 8.26. The maximum atomic E-state index is 13.4. The van der Waals surface area contributed by atoms with E-state index in [1.54, 1.807) is 17.2 Å². The first-order valence-electron chi connectivity index (χ1n) is 10.5. The zero-order chi connectivity index (χ0) is 22.1. The van der Waals surface area contributed by atoms with E-state index in [1.165, 1.54) is 16.2 Å². The molecule has 9 heteroatoms. The van der Waals surface area contributed by atoms with Gasteiger partial charge >= 0.3 is 0 Å². The fourth-order valence-corrected chi connectivity index (χ4v) is 5.21. The van der Waals surface area contributed by atoms with Gasteiger partial charge in [0, 0.05) is 25.4 Å². The molecule has 2 aliphatic heterocycles. The molecule has 2 unspecified atom stereocenters. The molecule has 0 aliphatic carbocycles. The lowest BCUT2D eigenvalue weighted by atomic mass is 10.2. The zero-order valence-electron chi connectivity index (χ0n) is 17.9. The van der Waals surface area contributed by atoms with Crippen molar-refractivity contribution in [2.75, 3.05) is 18.5 Å². The van der Waals surface area contributed by atoms with Crippen LogP contribution in [-0.4, -0.2) is 49.8 Å². The van der Waals surface area contributed by atoms with Crippen molar-refractivity contribution in [1.29, 1.82) is 0 Å². The van der Waals surface area contributed by atoms with Crippen LogP contribution in [0.2, 0.25) is 0 Å². The summed E-state index contributed by atoms with van der Waals surface area (Å²) in [5.74, 6) is 0.298. The Bertz CT molecular complexity index is 1120. The molecule has 0 saturated carbocycles. The lowest BCUT2D eigenvalue weighted by molar-refractivity contribution is -0.123. The van der Waals surface area contributed by atoms with E-state index in [4.69, 9.17) is 21.9 Å². The van der Waals surface area contributed by atoms with Gasteiger partial charge in [0.2, 0.25) is 0 Å². The predicted molar refractivity (Wildman–Crippen MR) is 128 cm³/mol. The van der Waals surface area contributed by atoms with Crippen molar-refractivity contribution in [3.63, 3.8) is 0 Å². The smallest absolute Gasteiger partial charge is 0.267 e. The molecule has 0 radical (unpaired) electrons. The van der Waals surface area contributed by atoms with Crippen molar-refractivity contribution in [3.8, 4) is 0 Å². The van der Waals surface area contributed by atoms with Gasteiger partial charge in [-0.05, 0) is 50.8 Å². The van der Waals surface area contributed by atoms with Crippen LogP contribution >= 0.6 is 24.0 Å². The van der Waals surface area contributed by atoms with Crippen LogP contribution < -0.4 is 10.9 Å². The normalized spacial score (nSPS) is 21.5. The number of thiocarbonyl (C=S) groups is 1. The number of hydrogen-bond acceptors (Lipinski definition) is 7. The predicted octanol–water partition coefficient (Wildman–Crippen LogP) is 3.59. The molecular weight excluding hydrogens is 432 g/mol. The van der Waals surface area contributed by atoms with Gasteiger partial charge in [0.1, 0.15) is 15.8 Å². The lowest BCUT2D eigenvalue weighted by Crippen LogP contribution is -2.36. The molecule has 1 N–H and O–H groups in total. The quantitative estimate of drug-likeness (QED) is 0.524. The summed E-state index contributed by atoms with van der Waals surface area (Å²) in [5, 5.41) is 3.30. The minimum atomic E-state index is -0.225. The fourth-order valence-electron chi connectivity index (χ4n) is 3.77. The molecule has 2 aliphatic rings. The lowest BCUT2D eigenvalue weighted by Gasteiger charge is -2.21. The van der Waals surface area contributed by atoms with E-state index >= 15 is 0 Å². The van der Waals surface area contributed by atoms with E-state index in [9.17, 15) is 9.59 Å². The van der Waals surface area contributed by atoms with Crippen LogP contribution in [0.1, 0.15) is 44.2 Å². The maximum Gasteiger partial charge on any atom is 0.267 e. The monoisotopic (exact) mass is 458 g/mol. The van der Waals surface area contributed by atoms with Crippen LogP contribution in [-0.2, 0) is 9.53 Å². The van der Waals surface area contributed by atoms with Crippen molar-refractivity contribution >= 4 is 51.7 Å². The first kappa shape index (κ1) is 22.0. The number of thioether (sulfide) groups is 1. The van der Waals surface area contributed by atoms with Gasteiger partial charge in [-0.2, -0.15) is 0 Å². The Kier molecular flexibility index (Phi) is 6.45. The summed E-state index contributed by atoms with van der Waals surface area (Å²) in [4.78, 5) is 33.2. The second-order valence-corrected chi connectivity index (χ2v) is 9.56. The Labute approximate surface area is 190 Å². The van der Waals surface area contributed by atoms with Gasteiger partial charge < -0.3 is 10.1 Å². The number of ether oxygens (including phenoxy) is 1. The van der Waals surface area contributed by atoms with Gasteiger partial charge in [0.25, 0.3) is 11.5 Å². The number of pyridine rings is 1. The average Bonchev–Trinajstić information content (AvgIpc) is 3.37. The minimum absolute atomic E-state index is 0.00832. The van der Waals surface area contributed by atoms with E-state index in [1.807, 2.05) is 32.9 Å². The summed E-state index contributed by atoms with van der Waals surface area (Å²) in [6.45, 7) is 7.22. The number of amides is 1. The Hall–Kier alpha value is -2.23. The van der Waals surface area contributed by atoms with Crippen LogP contribution in [0.5, 0.6) is 0 Å². The Balaban J connectivity index is 1.78. The third kappa shape index (κ3) is 4.26. The number of hydrogen-bond donors (Lipinski definition) is 1. The molecule has 2 atom stereocenters. The van der Waals surface area contributed by atoms with Crippen LogP contribution in [0.25, 0.3) is 11.7 Å². The van der Waals surface area contributed by atoms with Crippen molar-refractivity contribution in [2.45, 2.75) is 52.2 Å². The number of fused-ring (bicyclic) bond motifs is 1. The van der Waals surface area contributed by atoms with Crippen molar-refractivity contribution in [1.82, 2.24) is 14.3 Å².